The van der Waals surface area contributed by atoms with Crippen molar-refractivity contribution < 1.29 is 0 Å². The molecule has 2 rings (SSSR count). The van der Waals surface area contributed by atoms with E-state index in [1.165, 1.54) is 0 Å². The highest BCUT2D eigenvalue weighted by atomic mass is 15.5. The normalized spacial score (nSPS) is 12.4. The third kappa shape index (κ3) is 2.34. The van der Waals surface area contributed by atoms with Gasteiger partial charge in [0.15, 0.2) is 0 Å². The number of hydrogen-bond donors (Lipinski definition) is 3. The number of aromatic amines is 1. The van der Waals surface area contributed by atoms with Crippen LogP contribution in [-0.2, 0) is 0 Å². The predicted molar refractivity (Wildman–Crippen MR) is 61.8 cm³/mol. The van der Waals surface area contributed by atoms with E-state index in [4.69, 9.17) is 5.73 Å². The average molecular weight is 218 g/mol. The van der Waals surface area contributed by atoms with Gasteiger partial charge in [-0.25, -0.2) is 0 Å². The smallest absolute Gasteiger partial charge is 0.204 e. The van der Waals surface area contributed by atoms with Crippen LogP contribution in [0.15, 0.2) is 24.3 Å². The summed E-state index contributed by atoms with van der Waals surface area (Å²) in [6, 6.07) is 8.06. The standard InChI is InChI=1S/C10H14N6/c1-7(6-11)12-9-4-2-3-8(5-9)10-13-15-16-14-10/h2-5,7,12H,6,11H2,1H3,(H,13,14,15,16). The van der Waals surface area contributed by atoms with Gasteiger partial charge >= 0.3 is 0 Å². The number of nitrogens with zero attached hydrogens (tertiary/aromatic N) is 3. The molecule has 0 saturated heterocycles. The van der Waals surface area contributed by atoms with Crippen LogP contribution in [0, 0.1) is 0 Å². The Labute approximate surface area is 93.2 Å². The fourth-order valence-corrected chi connectivity index (χ4v) is 1.38. The van der Waals surface area contributed by atoms with E-state index in [2.05, 4.69) is 25.9 Å². The molecule has 1 aromatic heterocycles. The summed E-state index contributed by atoms with van der Waals surface area (Å²) in [5, 5.41) is 17.1. The van der Waals surface area contributed by atoms with E-state index in [-0.39, 0.29) is 6.04 Å². The predicted octanol–water partition coefficient (Wildman–Crippen LogP) is 0.626. The third-order valence-electron chi connectivity index (χ3n) is 2.23. The van der Waals surface area contributed by atoms with Crippen LogP contribution in [0.1, 0.15) is 6.92 Å². The lowest BCUT2D eigenvalue weighted by Crippen LogP contribution is -2.25. The maximum atomic E-state index is 5.55. The molecule has 0 fully saturated rings. The molecular formula is C10H14N6. The summed E-state index contributed by atoms with van der Waals surface area (Å²) in [6.45, 7) is 2.62. The first-order valence-electron chi connectivity index (χ1n) is 5.10. The van der Waals surface area contributed by atoms with Gasteiger partial charge in [-0.3, -0.25) is 0 Å². The average Bonchev–Trinajstić information content (AvgIpc) is 2.83. The number of benzene rings is 1. The molecule has 0 aliphatic carbocycles. The molecule has 0 amide bonds. The van der Waals surface area contributed by atoms with Gasteiger partial charge in [0, 0.05) is 23.8 Å². The lowest BCUT2D eigenvalue weighted by atomic mass is 10.2. The number of hydrogen-bond acceptors (Lipinski definition) is 5. The fourth-order valence-electron chi connectivity index (χ4n) is 1.38. The molecule has 4 N–H and O–H groups in total. The van der Waals surface area contributed by atoms with Crippen molar-refractivity contribution in [2.24, 2.45) is 5.73 Å². The van der Waals surface area contributed by atoms with E-state index < -0.39 is 0 Å². The van der Waals surface area contributed by atoms with Gasteiger partial charge in [-0.15, -0.1) is 10.2 Å². The van der Waals surface area contributed by atoms with E-state index in [0.29, 0.717) is 12.4 Å². The van der Waals surface area contributed by atoms with E-state index in [0.717, 1.165) is 11.3 Å². The van der Waals surface area contributed by atoms with Crippen LogP contribution < -0.4 is 11.1 Å². The number of tetrazole rings is 1. The molecule has 16 heavy (non-hydrogen) atoms. The highest BCUT2D eigenvalue weighted by molar-refractivity contribution is 5.61. The number of nitrogens with one attached hydrogen (secondary N) is 2. The van der Waals surface area contributed by atoms with E-state index in [1.54, 1.807) is 0 Å². The van der Waals surface area contributed by atoms with Crippen molar-refractivity contribution in [3.63, 3.8) is 0 Å². The van der Waals surface area contributed by atoms with Crippen molar-refractivity contribution in [3.8, 4) is 11.4 Å². The molecule has 1 heterocycles. The SMILES string of the molecule is CC(CN)Nc1cccc(-c2nn[nH]n2)c1. The Bertz CT molecular complexity index is 438. The number of nitrogens with two attached hydrogens (primary N) is 1. The molecule has 0 spiro atoms. The Hall–Kier alpha value is -1.95. The lowest BCUT2D eigenvalue weighted by molar-refractivity contribution is 0.804. The molecule has 1 unspecified atom stereocenters. The monoisotopic (exact) mass is 218 g/mol. The van der Waals surface area contributed by atoms with Gasteiger partial charge in [0.1, 0.15) is 0 Å². The quantitative estimate of drug-likeness (QED) is 0.699. The number of rotatable bonds is 4. The van der Waals surface area contributed by atoms with E-state index in [9.17, 15) is 0 Å². The summed E-state index contributed by atoms with van der Waals surface area (Å²) < 4.78 is 0. The molecule has 1 aromatic carbocycles. The van der Waals surface area contributed by atoms with Crippen molar-refractivity contribution in [1.29, 1.82) is 0 Å². The van der Waals surface area contributed by atoms with Crippen LogP contribution >= 0.6 is 0 Å². The zero-order valence-electron chi connectivity index (χ0n) is 9.01. The van der Waals surface area contributed by atoms with E-state index in [1.807, 2.05) is 31.2 Å². The maximum absolute atomic E-state index is 5.55. The molecule has 2 aromatic rings. The van der Waals surface area contributed by atoms with Crippen molar-refractivity contribution in [1.82, 2.24) is 20.6 Å². The van der Waals surface area contributed by atoms with Crippen molar-refractivity contribution in [2.45, 2.75) is 13.0 Å². The van der Waals surface area contributed by atoms with E-state index >= 15 is 0 Å². The van der Waals surface area contributed by atoms with Gasteiger partial charge in [0.05, 0.1) is 0 Å². The number of H-pyrrole nitrogens is 1. The molecule has 0 bridgehead atoms. The van der Waals surface area contributed by atoms with Crippen LogP contribution in [0.25, 0.3) is 11.4 Å². The molecule has 6 nitrogen and oxygen atoms in total. The molecular weight excluding hydrogens is 204 g/mol. The summed E-state index contributed by atoms with van der Waals surface area (Å²) in [4.78, 5) is 0. The first kappa shape index (κ1) is 10.6. The molecule has 6 heteroatoms. The topological polar surface area (TPSA) is 92.5 Å². The largest absolute Gasteiger partial charge is 0.381 e. The molecule has 0 radical (unpaired) electrons. The highest BCUT2D eigenvalue weighted by Crippen LogP contribution is 2.18. The summed E-state index contributed by atoms with van der Waals surface area (Å²) in [7, 11) is 0. The van der Waals surface area contributed by atoms with Crippen LogP contribution in [0.4, 0.5) is 5.69 Å². The minimum Gasteiger partial charge on any atom is -0.381 e. The van der Waals surface area contributed by atoms with Crippen molar-refractivity contribution in [3.05, 3.63) is 24.3 Å². The first-order chi connectivity index (χ1) is 7.79. The molecule has 0 saturated carbocycles. The Morgan fingerprint density at radius 2 is 2.38 bits per heavy atom. The van der Waals surface area contributed by atoms with Gasteiger partial charge in [-0.2, -0.15) is 5.21 Å². The molecule has 84 valence electrons. The molecule has 0 aliphatic rings. The minimum absolute atomic E-state index is 0.237. The fraction of sp³-hybridized carbons (Fsp3) is 0.300. The van der Waals surface area contributed by atoms with Gasteiger partial charge in [0.2, 0.25) is 5.82 Å². The van der Waals surface area contributed by atoms with Crippen LogP contribution in [0.2, 0.25) is 0 Å². The number of aromatic nitrogens is 4. The minimum atomic E-state index is 0.237. The van der Waals surface area contributed by atoms with Crippen LogP contribution in [-0.4, -0.2) is 33.2 Å². The van der Waals surface area contributed by atoms with Gasteiger partial charge < -0.3 is 11.1 Å². The zero-order valence-corrected chi connectivity index (χ0v) is 9.01. The second-order valence-electron chi connectivity index (χ2n) is 3.60. The van der Waals surface area contributed by atoms with Gasteiger partial charge in [-0.05, 0) is 24.3 Å². The maximum Gasteiger partial charge on any atom is 0.204 e. The summed E-state index contributed by atoms with van der Waals surface area (Å²) in [5.74, 6) is 0.587. The summed E-state index contributed by atoms with van der Waals surface area (Å²) in [5.41, 5.74) is 7.47. The number of anilines is 1. The van der Waals surface area contributed by atoms with Gasteiger partial charge in [-0.1, -0.05) is 12.1 Å². The van der Waals surface area contributed by atoms with Crippen molar-refractivity contribution >= 4 is 5.69 Å². The van der Waals surface area contributed by atoms with Crippen LogP contribution in [0.3, 0.4) is 0 Å². The second-order valence-corrected chi connectivity index (χ2v) is 3.60. The Morgan fingerprint density at radius 3 is 3.06 bits per heavy atom. The third-order valence-corrected chi connectivity index (χ3v) is 2.23. The highest BCUT2D eigenvalue weighted by Gasteiger charge is 2.04. The second kappa shape index (κ2) is 4.71. The lowest BCUT2D eigenvalue weighted by Gasteiger charge is -2.12. The summed E-state index contributed by atoms with van der Waals surface area (Å²) >= 11 is 0. The Balaban J connectivity index is 2.20. The van der Waals surface area contributed by atoms with Crippen LogP contribution in [0.5, 0.6) is 0 Å². The Morgan fingerprint density at radius 1 is 1.50 bits per heavy atom. The van der Waals surface area contributed by atoms with Gasteiger partial charge in [0.25, 0.3) is 0 Å². The molecule has 1 atom stereocenters. The summed E-state index contributed by atoms with van der Waals surface area (Å²) in [6.07, 6.45) is 0. The zero-order chi connectivity index (χ0) is 11.4. The molecule has 0 aliphatic heterocycles. The first-order valence-corrected chi connectivity index (χ1v) is 5.10. The Kier molecular flexibility index (Phi) is 3.11. The van der Waals surface area contributed by atoms with Crippen molar-refractivity contribution in [2.75, 3.05) is 11.9 Å².